The number of carbonyl (C=O) groups excluding carboxylic acids is 2. The first-order chi connectivity index (χ1) is 15.0. The second-order valence-corrected chi connectivity index (χ2v) is 7.96. The number of aryl methyl sites for hydroxylation is 2. The Labute approximate surface area is 182 Å². The first kappa shape index (κ1) is 20.9. The molecule has 1 aromatic carbocycles. The van der Waals surface area contributed by atoms with Crippen LogP contribution in [0.5, 0.6) is 0 Å². The molecule has 162 valence electrons. The summed E-state index contributed by atoms with van der Waals surface area (Å²) in [6.07, 6.45) is 5.35. The van der Waals surface area contributed by atoms with Crippen molar-refractivity contribution in [1.82, 2.24) is 19.2 Å². The third-order valence-corrected chi connectivity index (χ3v) is 5.71. The standard InChI is InChI=1S/C24H28N4O3/c1-4-31-24(30)19-8-7-15-27(16-19)23(29)21-18(3)25-28(20-11-9-17(2)10-12-20)22(21)26-13-5-6-14-26/h5-6,9-14,19H,4,7-8,15-16H2,1-3H3/t19-/m1/s1. The Morgan fingerprint density at radius 1 is 1.13 bits per heavy atom. The van der Waals surface area contributed by atoms with E-state index in [2.05, 4.69) is 0 Å². The van der Waals surface area contributed by atoms with Gasteiger partial charge in [0.2, 0.25) is 0 Å². The van der Waals surface area contributed by atoms with E-state index in [0.717, 1.165) is 24.1 Å². The lowest BCUT2D eigenvalue weighted by atomic mass is 9.97. The van der Waals surface area contributed by atoms with Gasteiger partial charge < -0.3 is 14.2 Å². The SMILES string of the molecule is CCOC(=O)[C@@H]1CCCN(C(=O)c2c(C)nn(-c3ccc(C)cc3)c2-n2cccc2)C1. The highest BCUT2D eigenvalue weighted by atomic mass is 16.5. The minimum Gasteiger partial charge on any atom is -0.466 e. The van der Waals surface area contributed by atoms with Gasteiger partial charge in [-0.25, -0.2) is 4.68 Å². The molecule has 7 heteroatoms. The molecule has 1 fully saturated rings. The van der Waals surface area contributed by atoms with Crippen molar-refractivity contribution in [3.05, 3.63) is 65.6 Å². The van der Waals surface area contributed by atoms with Crippen molar-refractivity contribution in [1.29, 1.82) is 0 Å². The van der Waals surface area contributed by atoms with Crippen LogP contribution in [0.15, 0.2) is 48.8 Å². The number of carbonyl (C=O) groups is 2. The smallest absolute Gasteiger partial charge is 0.310 e. The predicted molar refractivity (Wildman–Crippen MR) is 118 cm³/mol. The van der Waals surface area contributed by atoms with Crippen molar-refractivity contribution in [2.24, 2.45) is 5.92 Å². The van der Waals surface area contributed by atoms with E-state index >= 15 is 0 Å². The Bertz CT molecular complexity index is 1070. The van der Waals surface area contributed by atoms with Crippen LogP contribution < -0.4 is 0 Å². The molecule has 31 heavy (non-hydrogen) atoms. The molecule has 0 radical (unpaired) electrons. The molecule has 1 atom stereocenters. The molecule has 1 aliphatic heterocycles. The number of hydrogen-bond donors (Lipinski definition) is 0. The van der Waals surface area contributed by atoms with E-state index in [-0.39, 0.29) is 17.8 Å². The van der Waals surface area contributed by atoms with Gasteiger partial charge in [0, 0.05) is 25.5 Å². The fourth-order valence-corrected chi connectivity index (χ4v) is 4.12. The van der Waals surface area contributed by atoms with E-state index in [4.69, 9.17) is 9.84 Å². The summed E-state index contributed by atoms with van der Waals surface area (Å²) in [6, 6.07) is 11.9. The predicted octanol–water partition coefficient (Wildman–Crippen LogP) is 3.70. The summed E-state index contributed by atoms with van der Waals surface area (Å²) < 4.78 is 8.93. The van der Waals surface area contributed by atoms with Crippen molar-refractivity contribution in [3.8, 4) is 11.5 Å². The Morgan fingerprint density at radius 3 is 2.52 bits per heavy atom. The molecule has 1 aliphatic rings. The summed E-state index contributed by atoms with van der Waals surface area (Å²) in [5, 5.41) is 4.72. The number of likely N-dealkylation sites (tertiary alicyclic amines) is 1. The zero-order valence-corrected chi connectivity index (χ0v) is 18.2. The molecule has 1 saturated heterocycles. The summed E-state index contributed by atoms with van der Waals surface area (Å²) in [7, 11) is 0. The molecule has 0 spiro atoms. The molecule has 0 N–H and O–H groups in total. The van der Waals surface area contributed by atoms with E-state index in [1.807, 2.05) is 71.9 Å². The van der Waals surface area contributed by atoms with E-state index in [0.29, 0.717) is 36.8 Å². The molecule has 3 aromatic rings. The van der Waals surface area contributed by atoms with Crippen molar-refractivity contribution in [2.75, 3.05) is 19.7 Å². The fraction of sp³-hybridized carbons (Fsp3) is 0.375. The summed E-state index contributed by atoms with van der Waals surface area (Å²) >= 11 is 0. The van der Waals surface area contributed by atoms with Crippen molar-refractivity contribution in [2.45, 2.75) is 33.6 Å². The van der Waals surface area contributed by atoms with Crippen molar-refractivity contribution < 1.29 is 14.3 Å². The molecule has 0 unspecified atom stereocenters. The van der Waals surface area contributed by atoms with Crippen molar-refractivity contribution in [3.63, 3.8) is 0 Å². The Kier molecular flexibility index (Phi) is 5.93. The Balaban J connectivity index is 1.73. The molecule has 2 aromatic heterocycles. The molecule has 0 bridgehead atoms. The van der Waals surface area contributed by atoms with E-state index in [9.17, 15) is 9.59 Å². The number of rotatable bonds is 5. The van der Waals surface area contributed by atoms with Crippen LogP contribution >= 0.6 is 0 Å². The van der Waals surface area contributed by atoms with E-state index in [1.165, 1.54) is 0 Å². The first-order valence-corrected chi connectivity index (χ1v) is 10.8. The summed E-state index contributed by atoms with van der Waals surface area (Å²) in [5.41, 5.74) is 3.26. The Morgan fingerprint density at radius 2 is 1.84 bits per heavy atom. The lowest BCUT2D eigenvalue weighted by Gasteiger charge is -2.31. The van der Waals surface area contributed by atoms with Gasteiger partial charge in [0.05, 0.1) is 23.9 Å². The number of benzene rings is 1. The minimum absolute atomic E-state index is 0.103. The van der Waals surface area contributed by atoms with Gasteiger partial charge >= 0.3 is 5.97 Å². The highest BCUT2D eigenvalue weighted by molar-refractivity contribution is 5.99. The van der Waals surface area contributed by atoms with Gasteiger partial charge in [-0.1, -0.05) is 17.7 Å². The minimum atomic E-state index is -0.278. The lowest BCUT2D eigenvalue weighted by molar-refractivity contribution is -0.149. The normalized spacial score (nSPS) is 16.4. The zero-order valence-electron chi connectivity index (χ0n) is 18.2. The maximum Gasteiger partial charge on any atom is 0.310 e. The van der Waals surface area contributed by atoms with Gasteiger partial charge in [-0.15, -0.1) is 0 Å². The maximum atomic E-state index is 13.7. The third kappa shape index (κ3) is 4.13. The van der Waals surface area contributed by atoms with Gasteiger partial charge in [-0.3, -0.25) is 9.59 Å². The number of aromatic nitrogens is 3. The van der Waals surface area contributed by atoms with Crippen LogP contribution in [-0.2, 0) is 9.53 Å². The molecule has 0 saturated carbocycles. The van der Waals surface area contributed by atoms with Crippen LogP contribution in [0.2, 0.25) is 0 Å². The van der Waals surface area contributed by atoms with Crippen LogP contribution in [0, 0.1) is 19.8 Å². The number of hydrogen-bond acceptors (Lipinski definition) is 4. The van der Waals surface area contributed by atoms with Gasteiger partial charge in [-0.05, 0) is 57.9 Å². The number of nitrogens with zero attached hydrogens (tertiary/aromatic N) is 4. The molecule has 3 heterocycles. The number of ether oxygens (including phenoxy) is 1. The van der Waals surface area contributed by atoms with Gasteiger partial charge in [0.1, 0.15) is 5.56 Å². The molecule has 0 aliphatic carbocycles. The average Bonchev–Trinajstić information content (AvgIpc) is 3.42. The van der Waals surface area contributed by atoms with Crippen LogP contribution in [-0.4, -0.2) is 50.8 Å². The van der Waals surface area contributed by atoms with Crippen LogP contribution in [0.1, 0.15) is 41.4 Å². The quantitative estimate of drug-likeness (QED) is 0.590. The largest absolute Gasteiger partial charge is 0.466 e. The third-order valence-electron chi connectivity index (χ3n) is 5.71. The molecular weight excluding hydrogens is 392 g/mol. The van der Waals surface area contributed by atoms with Gasteiger partial charge in [0.15, 0.2) is 5.82 Å². The van der Waals surface area contributed by atoms with Crippen LogP contribution in [0.25, 0.3) is 11.5 Å². The number of esters is 1. The van der Waals surface area contributed by atoms with Crippen LogP contribution in [0.4, 0.5) is 0 Å². The van der Waals surface area contributed by atoms with E-state index in [1.54, 1.807) is 11.8 Å². The highest BCUT2D eigenvalue weighted by Crippen LogP contribution is 2.27. The topological polar surface area (TPSA) is 69.4 Å². The number of piperidine rings is 1. The average molecular weight is 421 g/mol. The van der Waals surface area contributed by atoms with Gasteiger partial charge in [-0.2, -0.15) is 5.10 Å². The summed E-state index contributed by atoms with van der Waals surface area (Å²) in [5.74, 6) is 0.0982. The highest BCUT2D eigenvalue weighted by Gasteiger charge is 2.33. The molecule has 7 nitrogen and oxygen atoms in total. The lowest BCUT2D eigenvalue weighted by Crippen LogP contribution is -2.43. The zero-order chi connectivity index (χ0) is 22.0. The second kappa shape index (κ2) is 8.79. The van der Waals surface area contributed by atoms with Gasteiger partial charge in [0.25, 0.3) is 5.91 Å². The molecule has 4 rings (SSSR count). The summed E-state index contributed by atoms with van der Waals surface area (Å²) in [6.45, 7) is 7.04. The summed E-state index contributed by atoms with van der Waals surface area (Å²) in [4.78, 5) is 27.7. The monoisotopic (exact) mass is 420 g/mol. The number of amides is 1. The maximum absolute atomic E-state index is 13.7. The molecular formula is C24H28N4O3. The van der Waals surface area contributed by atoms with Crippen molar-refractivity contribution >= 4 is 11.9 Å². The first-order valence-electron chi connectivity index (χ1n) is 10.8. The Hall–Kier alpha value is -3.35. The molecule has 1 amide bonds. The second-order valence-electron chi connectivity index (χ2n) is 7.96. The van der Waals surface area contributed by atoms with E-state index < -0.39 is 0 Å². The fourth-order valence-electron chi connectivity index (χ4n) is 4.12. The van der Waals surface area contributed by atoms with Crippen LogP contribution in [0.3, 0.4) is 0 Å².